The molecule has 0 aliphatic carbocycles. The number of aryl methyl sites for hydroxylation is 1. The van der Waals surface area contributed by atoms with Crippen molar-refractivity contribution in [3.05, 3.63) is 57.8 Å². The Morgan fingerprint density at radius 2 is 1.96 bits per heavy atom. The Morgan fingerprint density at radius 3 is 2.50 bits per heavy atom. The highest BCUT2D eigenvalue weighted by molar-refractivity contribution is 7.10. The molecule has 1 aromatic heterocycles. The molecule has 130 valence electrons. The summed E-state index contributed by atoms with van der Waals surface area (Å²) in [6, 6.07) is 11.9. The molecule has 1 heterocycles. The van der Waals surface area contributed by atoms with Gasteiger partial charge in [-0.1, -0.05) is 37.3 Å². The van der Waals surface area contributed by atoms with Crippen LogP contribution in [-0.2, 0) is 11.2 Å². The lowest BCUT2D eigenvalue weighted by Gasteiger charge is -2.15. The number of nitrogens with one attached hydrogen (secondary N) is 1. The van der Waals surface area contributed by atoms with E-state index in [9.17, 15) is 18.0 Å². The van der Waals surface area contributed by atoms with Crippen molar-refractivity contribution in [1.29, 1.82) is 0 Å². The minimum atomic E-state index is -4.39. The van der Waals surface area contributed by atoms with E-state index >= 15 is 0 Å². The molecule has 3 N–H and O–H groups in total. The number of carbonyl (C=O) groups excluding carboxylic acids is 1. The Hall–Kier alpha value is -1.86. The summed E-state index contributed by atoms with van der Waals surface area (Å²) in [5, 5.41) is 5.61. The molecule has 0 bridgehead atoms. The average Bonchev–Trinajstić information content (AvgIpc) is 3.07. The number of rotatable bonds is 7. The second-order valence-electron chi connectivity index (χ2n) is 5.42. The van der Waals surface area contributed by atoms with Crippen molar-refractivity contribution < 1.29 is 23.3 Å². The van der Waals surface area contributed by atoms with E-state index in [2.05, 4.69) is 6.92 Å². The molecule has 0 spiro atoms. The average molecular weight is 357 g/mol. The summed E-state index contributed by atoms with van der Waals surface area (Å²) in [6.45, 7) is 0.714. The second kappa shape index (κ2) is 8.30. The lowest BCUT2D eigenvalue weighted by molar-refractivity contribution is -0.676. The number of hydrogen-bond acceptors (Lipinski definition) is 2. The molecule has 0 radical (unpaired) electrons. The van der Waals surface area contributed by atoms with E-state index in [0.717, 1.165) is 16.9 Å². The predicted molar refractivity (Wildman–Crippen MR) is 87.8 cm³/mol. The zero-order chi connectivity index (χ0) is 17.6. The molecule has 1 amide bonds. The molecule has 0 aliphatic rings. The van der Waals surface area contributed by atoms with Gasteiger partial charge >= 0.3 is 6.18 Å². The van der Waals surface area contributed by atoms with Crippen molar-refractivity contribution in [3.8, 4) is 0 Å². The van der Waals surface area contributed by atoms with E-state index in [1.54, 1.807) is 16.7 Å². The SMILES string of the molecule is CCc1ccc([C@H]([NH2+]CC(=O)NCC(F)(F)F)c2cccs2)cc1. The van der Waals surface area contributed by atoms with Crippen LogP contribution in [0.25, 0.3) is 0 Å². The van der Waals surface area contributed by atoms with Gasteiger partial charge in [-0.2, -0.15) is 13.2 Å². The predicted octanol–water partition coefficient (Wildman–Crippen LogP) is 2.64. The summed E-state index contributed by atoms with van der Waals surface area (Å²) < 4.78 is 36.5. The number of thiophene rings is 1. The van der Waals surface area contributed by atoms with Gasteiger partial charge in [-0.25, -0.2) is 0 Å². The van der Waals surface area contributed by atoms with Crippen LogP contribution in [-0.4, -0.2) is 25.2 Å². The Kier molecular flexibility index (Phi) is 6.39. The van der Waals surface area contributed by atoms with Gasteiger partial charge in [0.25, 0.3) is 5.91 Å². The molecule has 2 rings (SSSR count). The van der Waals surface area contributed by atoms with Gasteiger partial charge in [0.1, 0.15) is 12.6 Å². The minimum absolute atomic E-state index is 0.0613. The maximum atomic E-state index is 12.2. The Bertz CT molecular complexity index is 639. The number of nitrogens with two attached hydrogens (primary N) is 1. The zero-order valence-corrected chi connectivity index (χ0v) is 14.1. The maximum absolute atomic E-state index is 12.2. The van der Waals surface area contributed by atoms with Gasteiger partial charge in [0.05, 0.1) is 4.88 Å². The number of halogens is 3. The third-order valence-electron chi connectivity index (χ3n) is 3.62. The molecule has 0 fully saturated rings. The summed E-state index contributed by atoms with van der Waals surface area (Å²) in [6.07, 6.45) is -3.45. The number of quaternary nitrogens is 1. The standard InChI is InChI=1S/C17H19F3N2OS/c1-2-12-5-7-13(8-6-12)16(14-4-3-9-24-14)21-10-15(23)22-11-17(18,19)20/h3-9,16,21H,2,10-11H2,1H3,(H,22,23)/p+1/t16-/m0/s1. The van der Waals surface area contributed by atoms with Crippen molar-refractivity contribution >= 4 is 17.2 Å². The van der Waals surface area contributed by atoms with Crippen LogP contribution < -0.4 is 10.6 Å². The van der Waals surface area contributed by atoms with Gasteiger partial charge in [0.15, 0.2) is 6.54 Å². The third kappa shape index (κ3) is 5.65. The summed E-state index contributed by atoms with van der Waals surface area (Å²) >= 11 is 1.56. The van der Waals surface area contributed by atoms with Crippen molar-refractivity contribution in [2.24, 2.45) is 0 Å². The van der Waals surface area contributed by atoms with E-state index < -0.39 is 18.6 Å². The van der Waals surface area contributed by atoms with E-state index in [1.165, 1.54) is 5.56 Å². The monoisotopic (exact) mass is 357 g/mol. The fourth-order valence-electron chi connectivity index (χ4n) is 2.34. The summed E-state index contributed by atoms with van der Waals surface area (Å²) in [5.41, 5.74) is 2.24. The van der Waals surface area contributed by atoms with Gasteiger partial charge in [0, 0.05) is 5.56 Å². The molecular weight excluding hydrogens is 337 g/mol. The van der Waals surface area contributed by atoms with E-state index in [1.807, 2.05) is 47.1 Å². The number of amides is 1. The van der Waals surface area contributed by atoms with Crippen LogP contribution in [0.15, 0.2) is 41.8 Å². The van der Waals surface area contributed by atoms with Crippen molar-refractivity contribution in [1.82, 2.24) is 5.32 Å². The fraction of sp³-hybridized carbons (Fsp3) is 0.353. The number of benzene rings is 1. The largest absolute Gasteiger partial charge is 0.405 e. The van der Waals surface area contributed by atoms with Crippen molar-refractivity contribution in [3.63, 3.8) is 0 Å². The summed E-state index contributed by atoms with van der Waals surface area (Å²) in [7, 11) is 0. The van der Waals surface area contributed by atoms with Crippen LogP contribution in [0.5, 0.6) is 0 Å². The third-order valence-corrected chi connectivity index (χ3v) is 4.58. The zero-order valence-electron chi connectivity index (χ0n) is 13.3. The Morgan fingerprint density at radius 1 is 1.25 bits per heavy atom. The second-order valence-corrected chi connectivity index (χ2v) is 6.40. The summed E-state index contributed by atoms with van der Waals surface area (Å²) in [5.74, 6) is -0.626. The van der Waals surface area contributed by atoms with Crippen molar-refractivity contribution in [2.75, 3.05) is 13.1 Å². The van der Waals surface area contributed by atoms with Gasteiger partial charge in [0.2, 0.25) is 0 Å². The highest BCUT2D eigenvalue weighted by atomic mass is 32.1. The van der Waals surface area contributed by atoms with Crippen molar-refractivity contribution in [2.45, 2.75) is 25.6 Å². The summed E-state index contributed by atoms with van der Waals surface area (Å²) in [4.78, 5) is 12.7. The molecule has 0 saturated carbocycles. The van der Waals surface area contributed by atoms with Crippen LogP contribution in [0.2, 0.25) is 0 Å². The molecule has 1 aromatic carbocycles. The minimum Gasteiger partial charge on any atom is -0.342 e. The molecule has 2 aromatic rings. The first kappa shape index (κ1) is 18.5. The Balaban J connectivity index is 2.03. The molecule has 3 nitrogen and oxygen atoms in total. The first-order chi connectivity index (χ1) is 11.4. The topological polar surface area (TPSA) is 45.7 Å². The highest BCUT2D eigenvalue weighted by Gasteiger charge is 2.28. The molecule has 7 heteroatoms. The first-order valence-corrected chi connectivity index (χ1v) is 8.56. The fourth-order valence-corrected chi connectivity index (χ4v) is 3.19. The lowest BCUT2D eigenvalue weighted by Crippen LogP contribution is -2.87. The normalized spacial score (nSPS) is 12.8. The Labute approximate surface area is 142 Å². The number of alkyl halides is 3. The van der Waals surface area contributed by atoms with Crippen LogP contribution in [0.3, 0.4) is 0 Å². The molecule has 0 aliphatic heterocycles. The lowest BCUT2D eigenvalue weighted by atomic mass is 10.0. The molecule has 0 unspecified atom stereocenters. The molecular formula is C17H20F3N2OS+. The van der Waals surface area contributed by atoms with Crippen LogP contribution in [0, 0.1) is 0 Å². The van der Waals surface area contributed by atoms with Gasteiger partial charge in [-0.15, -0.1) is 11.3 Å². The van der Waals surface area contributed by atoms with Gasteiger partial charge < -0.3 is 10.6 Å². The smallest absolute Gasteiger partial charge is 0.342 e. The number of carbonyl (C=O) groups is 1. The highest BCUT2D eigenvalue weighted by Crippen LogP contribution is 2.23. The number of hydrogen-bond donors (Lipinski definition) is 2. The van der Waals surface area contributed by atoms with Crippen LogP contribution >= 0.6 is 11.3 Å². The van der Waals surface area contributed by atoms with Crippen LogP contribution in [0.1, 0.15) is 29.0 Å². The molecule has 1 atom stereocenters. The molecule has 0 saturated heterocycles. The van der Waals surface area contributed by atoms with E-state index in [4.69, 9.17) is 0 Å². The maximum Gasteiger partial charge on any atom is 0.405 e. The first-order valence-electron chi connectivity index (χ1n) is 7.68. The van der Waals surface area contributed by atoms with E-state index in [-0.39, 0.29) is 12.6 Å². The molecule has 24 heavy (non-hydrogen) atoms. The quantitative estimate of drug-likeness (QED) is 0.786. The van der Waals surface area contributed by atoms with Gasteiger partial charge in [-0.3, -0.25) is 4.79 Å². The van der Waals surface area contributed by atoms with Crippen LogP contribution in [0.4, 0.5) is 13.2 Å². The van der Waals surface area contributed by atoms with Gasteiger partial charge in [-0.05, 0) is 23.4 Å². The van der Waals surface area contributed by atoms with E-state index in [0.29, 0.717) is 0 Å².